The minimum Gasteiger partial charge on any atom is -0.212 e. The van der Waals surface area contributed by atoms with Crippen LogP contribution in [0.15, 0.2) is 0 Å². The summed E-state index contributed by atoms with van der Waals surface area (Å²) in [5.74, 6) is 0.824. The molecule has 0 aliphatic heterocycles. The van der Waals surface area contributed by atoms with Crippen LogP contribution in [0.3, 0.4) is 0 Å². The predicted molar refractivity (Wildman–Crippen MR) is 68.3 cm³/mol. The highest BCUT2D eigenvalue weighted by molar-refractivity contribution is 7.90. The van der Waals surface area contributed by atoms with Crippen molar-refractivity contribution in [2.45, 2.75) is 57.2 Å². The van der Waals surface area contributed by atoms with Crippen molar-refractivity contribution in [2.24, 2.45) is 5.92 Å². The van der Waals surface area contributed by atoms with Gasteiger partial charge < -0.3 is 0 Å². The standard InChI is InChI=1S/C11H22ClNO2S/c1-11(2,3)16(14,15)13-10-7-5-4-6-9(10)8-12/h9-10,13H,4-8H2,1-3H3. The van der Waals surface area contributed by atoms with Gasteiger partial charge in [-0.3, -0.25) is 0 Å². The number of hydrogen-bond donors (Lipinski definition) is 1. The third-order valence-electron chi connectivity index (χ3n) is 3.22. The van der Waals surface area contributed by atoms with Crippen molar-refractivity contribution in [3.05, 3.63) is 0 Å². The SMILES string of the molecule is CC(C)(C)S(=O)(=O)NC1CCCCC1CCl. The van der Waals surface area contributed by atoms with Crippen molar-refractivity contribution in [2.75, 3.05) is 5.88 Å². The number of hydrogen-bond acceptors (Lipinski definition) is 2. The lowest BCUT2D eigenvalue weighted by Gasteiger charge is -2.33. The summed E-state index contributed by atoms with van der Waals surface area (Å²) in [5, 5.41) is 0. The van der Waals surface area contributed by atoms with Crippen LogP contribution in [0.25, 0.3) is 0 Å². The van der Waals surface area contributed by atoms with Crippen LogP contribution in [-0.2, 0) is 10.0 Å². The van der Waals surface area contributed by atoms with E-state index >= 15 is 0 Å². The molecule has 0 aromatic heterocycles. The molecule has 3 nitrogen and oxygen atoms in total. The highest BCUT2D eigenvalue weighted by atomic mass is 35.5. The van der Waals surface area contributed by atoms with Crippen LogP contribution in [0.1, 0.15) is 46.5 Å². The summed E-state index contributed by atoms with van der Waals surface area (Å²) in [7, 11) is -3.25. The maximum absolute atomic E-state index is 12.0. The molecule has 16 heavy (non-hydrogen) atoms. The van der Waals surface area contributed by atoms with Gasteiger partial charge >= 0.3 is 0 Å². The largest absolute Gasteiger partial charge is 0.216 e. The van der Waals surface area contributed by atoms with E-state index in [1.807, 2.05) is 0 Å². The summed E-state index contributed by atoms with van der Waals surface area (Å²) in [6, 6.07) is 0.0236. The topological polar surface area (TPSA) is 46.2 Å². The molecule has 0 bridgehead atoms. The molecule has 0 amide bonds. The van der Waals surface area contributed by atoms with Gasteiger partial charge in [0.2, 0.25) is 10.0 Å². The zero-order valence-electron chi connectivity index (χ0n) is 10.3. The predicted octanol–water partition coefficient (Wildman–Crippen LogP) is 2.50. The molecular weight excluding hydrogens is 246 g/mol. The van der Waals surface area contributed by atoms with Crippen LogP contribution < -0.4 is 4.72 Å². The average Bonchev–Trinajstić information content (AvgIpc) is 2.16. The van der Waals surface area contributed by atoms with Gasteiger partial charge in [0.05, 0.1) is 4.75 Å². The van der Waals surface area contributed by atoms with Gasteiger partial charge in [-0.15, -0.1) is 11.6 Å². The highest BCUT2D eigenvalue weighted by Crippen LogP contribution is 2.27. The highest BCUT2D eigenvalue weighted by Gasteiger charge is 2.34. The quantitative estimate of drug-likeness (QED) is 0.799. The molecule has 1 N–H and O–H groups in total. The zero-order chi connectivity index (χ0) is 12.4. The Morgan fingerprint density at radius 1 is 1.25 bits per heavy atom. The lowest BCUT2D eigenvalue weighted by molar-refractivity contribution is 0.312. The Labute approximate surface area is 104 Å². The van der Waals surface area contributed by atoms with Crippen LogP contribution in [0.5, 0.6) is 0 Å². The Hall–Kier alpha value is 0.200. The van der Waals surface area contributed by atoms with E-state index < -0.39 is 14.8 Å². The molecule has 0 aromatic rings. The second-order valence-corrected chi connectivity index (χ2v) is 8.31. The van der Waals surface area contributed by atoms with Gasteiger partial charge in [-0.05, 0) is 39.5 Å². The molecule has 0 spiro atoms. The van der Waals surface area contributed by atoms with E-state index in [1.165, 1.54) is 0 Å². The average molecular weight is 268 g/mol. The first-order valence-electron chi connectivity index (χ1n) is 5.86. The molecule has 0 aromatic carbocycles. The van der Waals surface area contributed by atoms with Crippen molar-refractivity contribution >= 4 is 21.6 Å². The van der Waals surface area contributed by atoms with E-state index in [-0.39, 0.29) is 12.0 Å². The second-order valence-electron chi connectivity index (χ2n) is 5.54. The summed E-state index contributed by atoms with van der Waals surface area (Å²) in [6.45, 7) is 5.15. The molecule has 1 rings (SSSR count). The number of sulfonamides is 1. The van der Waals surface area contributed by atoms with Crippen molar-refractivity contribution in [3.8, 4) is 0 Å². The molecule has 2 atom stereocenters. The van der Waals surface area contributed by atoms with E-state index in [2.05, 4.69) is 4.72 Å². The Morgan fingerprint density at radius 3 is 2.31 bits per heavy atom. The second kappa shape index (κ2) is 5.23. The fraction of sp³-hybridized carbons (Fsp3) is 1.00. The van der Waals surface area contributed by atoms with Crippen molar-refractivity contribution in [1.29, 1.82) is 0 Å². The van der Waals surface area contributed by atoms with Gasteiger partial charge in [-0.1, -0.05) is 12.8 Å². The van der Waals surface area contributed by atoms with Gasteiger partial charge in [0, 0.05) is 11.9 Å². The molecule has 5 heteroatoms. The molecule has 1 fully saturated rings. The normalized spacial score (nSPS) is 28.0. The monoisotopic (exact) mass is 267 g/mol. The molecule has 0 heterocycles. The molecule has 0 radical (unpaired) electrons. The third-order valence-corrected chi connectivity index (χ3v) is 5.84. The summed E-state index contributed by atoms with van der Waals surface area (Å²) in [5.41, 5.74) is 0. The first-order valence-corrected chi connectivity index (χ1v) is 7.87. The molecule has 1 aliphatic carbocycles. The van der Waals surface area contributed by atoms with Crippen LogP contribution in [0, 0.1) is 5.92 Å². The van der Waals surface area contributed by atoms with Crippen LogP contribution >= 0.6 is 11.6 Å². The van der Waals surface area contributed by atoms with Gasteiger partial charge in [0.25, 0.3) is 0 Å². The minimum atomic E-state index is -3.25. The fourth-order valence-electron chi connectivity index (χ4n) is 1.92. The Kier molecular flexibility index (Phi) is 4.66. The number of alkyl halides is 1. The lowest BCUT2D eigenvalue weighted by atomic mass is 9.86. The maximum atomic E-state index is 12.0. The van der Waals surface area contributed by atoms with E-state index in [4.69, 9.17) is 11.6 Å². The lowest BCUT2D eigenvalue weighted by Crippen LogP contribution is -2.48. The van der Waals surface area contributed by atoms with Crippen LogP contribution in [0.2, 0.25) is 0 Å². The van der Waals surface area contributed by atoms with Crippen molar-refractivity contribution in [3.63, 3.8) is 0 Å². The number of nitrogens with one attached hydrogen (secondary N) is 1. The summed E-state index contributed by atoms with van der Waals surface area (Å²) in [4.78, 5) is 0. The Bertz CT molecular complexity index is 321. The molecule has 1 aliphatic rings. The van der Waals surface area contributed by atoms with Gasteiger partial charge in [0.1, 0.15) is 0 Å². The molecule has 1 saturated carbocycles. The smallest absolute Gasteiger partial charge is 0.212 e. The van der Waals surface area contributed by atoms with Gasteiger partial charge in [-0.2, -0.15) is 0 Å². The van der Waals surface area contributed by atoms with Gasteiger partial charge in [-0.25, -0.2) is 13.1 Å². The van der Waals surface area contributed by atoms with E-state index in [9.17, 15) is 8.42 Å². The zero-order valence-corrected chi connectivity index (χ0v) is 11.9. The summed E-state index contributed by atoms with van der Waals surface area (Å²) < 4.78 is 26.1. The Balaban J connectivity index is 2.72. The molecule has 96 valence electrons. The van der Waals surface area contributed by atoms with E-state index in [0.717, 1.165) is 25.7 Å². The maximum Gasteiger partial charge on any atom is 0.216 e. The molecule has 0 saturated heterocycles. The van der Waals surface area contributed by atoms with E-state index in [1.54, 1.807) is 20.8 Å². The summed E-state index contributed by atoms with van der Waals surface area (Å²) >= 11 is 5.88. The minimum absolute atomic E-state index is 0.0236. The third kappa shape index (κ3) is 3.34. The van der Waals surface area contributed by atoms with Crippen LogP contribution in [-0.4, -0.2) is 25.1 Å². The molecular formula is C11H22ClNO2S. The number of rotatable bonds is 3. The van der Waals surface area contributed by atoms with Crippen LogP contribution in [0.4, 0.5) is 0 Å². The van der Waals surface area contributed by atoms with E-state index in [0.29, 0.717) is 5.88 Å². The Morgan fingerprint density at radius 2 is 1.81 bits per heavy atom. The number of halogens is 1. The van der Waals surface area contributed by atoms with Crippen molar-refractivity contribution < 1.29 is 8.42 Å². The fourth-order valence-corrected chi connectivity index (χ4v) is 3.36. The van der Waals surface area contributed by atoms with Gasteiger partial charge in [0.15, 0.2) is 0 Å². The van der Waals surface area contributed by atoms with Crippen molar-refractivity contribution in [1.82, 2.24) is 4.72 Å². The first-order chi connectivity index (χ1) is 7.28. The summed E-state index contributed by atoms with van der Waals surface area (Å²) in [6.07, 6.45) is 4.18. The first kappa shape index (κ1) is 14.3. The molecule has 2 unspecified atom stereocenters.